The Morgan fingerprint density at radius 2 is 1.67 bits per heavy atom. The van der Waals surface area contributed by atoms with Crippen LogP contribution in [-0.2, 0) is 10.0 Å². The third-order valence-electron chi connectivity index (χ3n) is 3.32. The maximum absolute atomic E-state index is 12.5. The fourth-order valence-corrected chi connectivity index (χ4v) is 3.92. The molecule has 0 amide bonds. The summed E-state index contributed by atoms with van der Waals surface area (Å²) >= 11 is 3.28. The molecule has 0 saturated heterocycles. The van der Waals surface area contributed by atoms with E-state index >= 15 is 0 Å². The highest BCUT2D eigenvalue weighted by molar-refractivity contribution is 9.10. The summed E-state index contributed by atoms with van der Waals surface area (Å²) in [7, 11) is -3.71. The summed E-state index contributed by atoms with van der Waals surface area (Å²) in [5, 5.41) is 9.91. The van der Waals surface area contributed by atoms with E-state index in [2.05, 4.69) is 20.7 Å². The van der Waals surface area contributed by atoms with Crippen molar-refractivity contribution in [2.24, 2.45) is 0 Å². The molecular formula is C15H16BrNO3S. The lowest BCUT2D eigenvalue weighted by atomic mass is 10.1. The van der Waals surface area contributed by atoms with Gasteiger partial charge in [-0.2, -0.15) is 0 Å². The van der Waals surface area contributed by atoms with Crippen molar-refractivity contribution in [1.29, 1.82) is 0 Å². The number of benzene rings is 2. The Hall–Kier alpha value is -1.53. The zero-order chi connectivity index (χ0) is 15.8. The molecule has 0 aromatic heterocycles. The van der Waals surface area contributed by atoms with Gasteiger partial charge in [-0.1, -0.05) is 28.1 Å². The van der Waals surface area contributed by atoms with Gasteiger partial charge in [-0.15, -0.1) is 0 Å². The van der Waals surface area contributed by atoms with Gasteiger partial charge < -0.3 is 5.11 Å². The zero-order valence-electron chi connectivity index (χ0n) is 11.9. The van der Waals surface area contributed by atoms with E-state index in [9.17, 15) is 13.5 Å². The minimum absolute atomic E-state index is 0.0983. The minimum Gasteiger partial charge on any atom is -0.507 e. The molecule has 0 bridgehead atoms. The molecule has 0 aliphatic carbocycles. The second-order valence-corrected chi connectivity index (χ2v) is 7.49. The summed E-state index contributed by atoms with van der Waals surface area (Å²) < 4.78 is 28.2. The van der Waals surface area contributed by atoms with E-state index in [1.54, 1.807) is 51.1 Å². The molecule has 0 unspecified atom stereocenters. The number of rotatable bonds is 3. The van der Waals surface area contributed by atoms with E-state index in [0.29, 0.717) is 26.9 Å². The van der Waals surface area contributed by atoms with Gasteiger partial charge in [0.2, 0.25) is 0 Å². The Balaban J connectivity index is 2.47. The summed E-state index contributed by atoms with van der Waals surface area (Å²) in [6.45, 7) is 5.17. The van der Waals surface area contributed by atoms with Crippen molar-refractivity contribution in [3.8, 4) is 5.75 Å². The van der Waals surface area contributed by atoms with Crippen LogP contribution in [0.5, 0.6) is 5.75 Å². The van der Waals surface area contributed by atoms with Crippen molar-refractivity contribution in [3.05, 3.63) is 51.5 Å². The normalized spacial score (nSPS) is 11.4. The predicted molar refractivity (Wildman–Crippen MR) is 87.3 cm³/mol. The standard InChI is InChI=1S/C15H16BrNO3S/c1-9-4-6-12(16)8-14(9)21(19,20)17-13-7-5-10(2)15(18)11(13)3/h4-8,17-18H,1-3H3. The number of hydrogen-bond donors (Lipinski definition) is 2. The van der Waals surface area contributed by atoms with Crippen LogP contribution >= 0.6 is 15.9 Å². The molecule has 0 heterocycles. The average Bonchev–Trinajstić information content (AvgIpc) is 2.42. The summed E-state index contributed by atoms with van der Waals surface area (Å²) in [5.74, 6) is 0.0983. The van der Waals surface area contributed by atoms with Crippen molar-refractivity contribution >= 4 is 31.6 Å². The van der Waals surface area contributed by atoms with Crippen molar-refractivity contribution in [2.75, 3.05) is 4.72 Å². The smallest absolute Gasteiger partial charge is 0.262 e. The molecule has 4 nitrogen and oxygen atoms in total. The largest absolute Gasteiger partial charge is 0.507 e. The molecule has 0 aliphatic heterocycles. The van der Waals surface area contributed by atoms with Gasteiger partial charge in [-0.25, -0.2) is 8.42 Å². The van der Waals surface area contributed by atoms with Crippen LogP contribution in [0.4, 0.5) is 5.69 Å². The van der Waals surface area contributed by atoms with E-state index in [4.69, 9.17) is 0 Å². The lowest BCUT2D eigenvalue weighted by Gasteiger charge is -2.14. The second-order valence-electron chi connectivity index (χ2n) is 4.92. The number of phenols is 1. The Morgan fingerprint density at radius 1 is 1.05 bits per heavy atom. The molecule has 0 saturated carbocycles. The molecule has 2 N–H and O–H groups in total. The van der Waals surface area contributed by atoms with E-state index in [1.165, 1.54) is 0 Å². The molecule has 2 aromatic rings. The number of halogens is 1. The number of nitrogens with one attached hydrogen (secondary N) is 1. The van der Waals surface area contributed by atoms with Crippen LogP contribution in [0.3, 0.4) is 0 Å². The highest BCUT2D eigenvalue weighted by Crippen LogP contribution is 2.30. The van der Waals surface area contributed by atoms with Gasteiger partial charge in [0.25, 0.3) is 10.0 Å². The third kappa shape index (κ3) is 3.22. The highest BCUT2D eigenvalue weighted by atomic mass is 79.9. The fraction of sp³-hybridized carbons (Fsp3) is 0.200. The molecule has 2 rings (SSSR count). The highest BCUT2D eigenvalue weighted by Gasteiger charge is 2.19. The lowest BCUT2D eigenvalue weighted by molar-refractivity contribution is 0.467. The van der Waals surface area contributed by atoms with Crippen LogP contribution in [0.1, 0.15) is 16.7 Å². The first kappa shape index (κ1) is 15.9. The first-order valence-corrected chi connectivity index (χ1v) is 8.58. The van der Waals surface area contributed by atoms with Crippen molar-refractivity contribution in [1.82, 2.24) is 0 Å². The topological polar surface area (TPSA) is 66.4 Å². The molecule has 21 heavy (non-hydrogen) atoms. The number of hydrogen-bond acceptors (Lipinski definition) is 3. The average molecular weight is 370 g/mol. The van der Waals surface area contributed by atoms with E-state index in [-0.39, 0.29) is 10.6 Å². The second kappa shape index (κ2) is 5.69. The molecule has 112 valence electrons. The minimum atomic E-state index is -3.71. The molecule has 0 radical (unpaired) electrons. The Bertz CT molecular complexity index is 801. The van der Waals surface area contributed by atoms with Crippen LogP contribution in [0, 0.1) is 20.8 Å². The van der Waals surface area contributed by atoms with Crippen molar-refractivity contribution in [2.45, 2.75) is 25.7 Å². The zero-order valence-corrected chi connectivity index (χ0v) is 14.3. The third-order valence-corrected chi connectivity index (χ3v) is 5.32. The number of aryl methyl sites for hydroxylation is 2. The molecule has 0 fully saturated rings. The lowest BCUT2D eigenvalue weighted by Crippen LogP contribution is -2.15. The summed E-state index contributed by atoms with van der Waals surface area (Å²) in [6.07, 6.45) is 0. The first-order valence-electron chi connectivity index (χ1n) is 6.30. The van der Waals surface area contributed by atoms with Gasteiger partial charge in [-0.05, 0) is 50.1 Å². The monoisotopic (exact) mass is 369 g/mol. The fourth-order valence-electron chi connectivity index (χ4n) is 2.01. The van der Waals surface area contributed by atoms with Crippen LogP contribution in [-0.4, -0.2) is 13.5 Å². The summed E-state index contributed by atoms with van der Waals surface area (Å²) in [5.41, 5.74) is 2.23. The van der Waals surface area contributed by atoms with Gasteiger partial charge in [0.15, 0.2) is 0 Å². The quantitative estimate of drug-likeness (QED) is 0.862. The van der Waals surface area contributed by atoms with E-state index in [1.807, 2.05) is 0 Å². The molecule has 0 atom stereocenters. The Labute approximate surface area is 133 Å². The Morgan fingerprint density at radius 3 is 2.33 bits per heavy atom. The molecular weight excluding hydrogens is 354 g/mol. The van der Waals surface area contributed by atoms with Crippen LogP contribution < -0.4 is 4.72 Å². The van der Waals surface area contributed by atoms with Gasteiger partial charge in [-0.3, -0.25) is 4.72 Å². The summed E-state index contributed by atoms with van der Waals surface area (Å²) in [4.78, 5) is 0.205. The SMILES string of the molecule is Cc1ccc(Br)cc1S(=O)(=O)Nc1ccc(C)c(O)c1C. The van der Waals surface area contributed by atoms with Crippen molar-refractivity contribution < 1.29 is 13.5 Å². The van der Waals surface area contributed by atoms with Crippen LogP contribution in [0.2, 0.25) is 0 Å². The van der Waals surface area contributed by atoms with Gasteiger partial charge in [0.1, 0.15) is 5.75 Å². The number of aromatic hydroxyl groups is 1. The molecule has 0 spiro atoms. The summed E-state index contributed by atoms with van der Waals surface area (Å²) in [6, 6.07) is 8.40. The van der Waals surface area contributed by atoms with E-state index in [0.717, 1.165) is 0 Å². The number of anilines is 1. The Kier molecular flexibility index (Phi) is 4.30. The van der Waals surface area contributed by atoms with Crippen molar-refractivity contribution in [3.63, 3.8) is 0 Å². The van der Waals surface area contributed by atoms with Crippen LogP contribution in [0.25, 0.3) is 0 Å². The maximum Gasteiger partial charge on any atom is 0.262 e. The molecule has 2 aromatic carbocycles. The predicted octanol–water partition coefficient (Wildman–Crippen LogP) is 3.88. The van der Waals surface area contributed by atoms with Gasteiger partial charge in [0, 0.05) is 10.0 Å². The number of sulfonamides is 1. The van der Waals surface area contributed by atoms with Gasteiger partial charge in [0.05, 0.1) is 10.6 Å². The molecule has 0 aliphatic rings. The number of phenolic OH excluding ortho intramolecular Hbond substituents is 1. The molecule has 6 heteroatoms. The van der Waals surface area contributed by atoms with Gasteiger partial charge >= 0.3 is 0 Å². The maximum atomic E-state index is 12.5. The van der Waals surface area contributed by atoms with Crippen LogP contribution in [0.15, 0.2) is 39.7 Å². The van der Waals surface area contributed by atoms with E-state index < -0.39 is 10.0 Å². The first-order chi connectivity index (χ1) is 9.72.